The van der Waals surface area contributed by atoms with Gasteiger partial charge in [0, 0.05) is 32.4 Å². The highest BCUT2D eigenvalue weighted by molar-refractivity contribution is 6.33. The normalized spacial score (nSPS) is 16.6. The topological polar surface area (TPSA) is 45.7 Å². The van der Waals surface area contributed by atoms with E-state index in [1.165, 1.54) is 31.4 Å². The van der Waals surface area contributed by atoms with Crippen molar-refractivity contribution in [3.05, 3.63) is 58.5 Å². The summed E-state index contributed by atoms with van der Waals surface area (Å²) in [5, 5.41) is -0.0867. The SMILES string of the molecule is COC(=O)[C@@H](c1ccc(F)cc1)N1CCN(c2ncc(C(F)(F)F)cc2Cl)CC1. The predicted molar refractivity (Wildman–Crippen MR) is 99.2 cm³/mol. The molecule has 1 aromatic carbocycles. The van der Waals surface area contributed by atoms with E-state index in [2.05, 4.69) is 4.98 Å². The van der Waals surface area contributed by atoms with Crippen LogP contribution in [0.3, 0.4) is 0 Å². The maximum atomic E-state index is 13.2. The molecule has 5 nitrogen and oxygen atoms in total. The molecule has 0 bridgehead atoms. The molecule has 2 heterocycles. The Labute approximate surface area is 169 Å². The number of anilines is 1. The van der Waals surface area contributed by atoms with E-state index in [1.54, 1.807) is 4.90 Å². The number of nitrogens with zero attached hydrogens (tertiary/aromatic N) is 3. The Morgan fingerprint density at radius 2 is 1.79 bits per heavy atom. The van der Waals surface area contributed by atoms with Gasteiger partial charge in [-0.05, 0) is 23.8 Å². The largest absolute Gasteiger partial charge is 0.468 e. The number of ether oxygens (including phenoxy) is 1. The second-order valence-electron chi connectivity index (χ2n) is 6.53. The lowest BCUT2D eigenvalue weighted by Gasteiger charge is -2.39. The van der Waals surface area contributed by atoms with Crippen molar-refractivity contribution in [2.45, 2.75) is 12.2 Å². The molecule has 3 rings (SSSR count). The zero-order chi connectivity index (χ0) is 21.2. The quantitative estimate of drug-likeness (QED) is 0.542. The van der Waals surface area contributed by atoms with Crippen LogP contribution in [-0.2, 0) is 15.7 Å². The minimum absolute atomic E-state index is 0.0867. The van der Waals surface area contributed by atoms with Gasteiger partial charge in [0.25, 0.3) is 0 Å². The molecule has 0 aliphatic carbocycles. The number of piperazine rings is 1. The number of pyridine rings is 1. The van der Waals surface area contributed by atoms with Crippen molar-refractivity contribution in [3.63, 3.8) is 0 Å². The van der Waals surface area contributed by atoms with Crippen molar-refractivity contribution < 1.29 is 27.1 Å². The minimum atomic E-state index is -4.52. The van der Waals surface area contributed by atoms with Gasteiger partial charge < -0.3 is 9.64 Å². The molecule has 10 heteroatoms. The summed E-state index contributed by atoms with van der Waals surface area (Å²) in [7, 11) is 1.28. The Morgan fingerprint density at radius 1 is 1.17 bits per heavy atom. The monoisotopic (exact) mass is 431 g/mol. The van der Waals surface area contributed by atoms with E-state index >= 15 is 0 Å². The van der Waals surface area contributed by atoms with E-state index in [9.17, 15) is 22.4 Å². The van der Waals surface area contributed by atoms with Crippen molar-refractivity contribution in [3.8, 4) is 0 Å². The molecule has 2 aromatic rings. The fraction of sp³-hybridized carbons (Fsp3) is 0.368. The van der Waals surface area contributed by atoms with Gasteiger partial charge >= 0.3 is 12.1 Å². The fourth-order valence-corrected chi connectivity index (χ4v) is 3.55. The number of hydrogen-bond donors (Lipinski definition) is 0. The molecule has 1 aromatic heterocycles. The number of carbonyl (C=O) groups excluding carboxylic acids is 1. The lowest BCUT2D eigenvalue weighted by atomic mass is 10.0. The second kappa shape index (κ2) is 8.54. The lowest BCUT2D eigenvalue weighted by Crippen LogP contribution is -2.49. The van der Waals surface area contributed by atoms with E-state index in [1.807, 2.05) is 4.90 Å². The molecule has 29 heavy (non-hydrogen) atoms. The number of benzene rings is 1. The first kappa shape index (κ1) is 21.3. The summed E-state index contributed by atoms with van der Waals surface area (Å²) in [6, 6.07) is 5.74. The molecule has 0 spiro atoms. The maximum Gasteiger partial charge on any atom is 0.417 e. The van der Waals surface area contributed by atoms with Gasteiger partial charge in [-0.2, -0.15) is 13.2 Å². The van der Waals surface area contributed by atoms with Gasteiger partial charge in [-0.3, -0.25) is 4.90 Å². The minimum Gasteiger partial charge on any atom is -0.468 e. The Hall–Kier alpha value is -2.39. The van der Waals surface area contributed by atoms with E-state index in [4.69, 9.17) is 16.3 Å². The van der Waals surface area contributed by atoms with Gasteiger partial charge in [-0.15, -0.1) is 0 Å². The van der Waals surface area contributed by atoms with Gasteiger partial charge in [-0.1, -0.05) is 23.7 Å². The Balaban J connectivity index is 1.74. The number of esters is 1. The van der Waals surface area contributed by atoms with Gasteiger partial charge in [-0.25, -0.2) is 14.2 Å². The standard InChI is InChI=1S/C19H18ClF4N3O2/c1-29-18(28)16(12-2-4-14(21)5-3-12)26-6-8-27(9-7-26)17-15(20)10-13(11-25-17)19(22,23)24/h2-5,10-11,16H,6-9H2,1H3/t16-/m1/s1. The average molecular weight is 432 g/mol. The molecular weight excluding hydrogens is 414 g/mol. The first-order chi connectivity index (χ1) is 13.7. The van der Waals surface area contributed by atoms with Crippen LogP contribution in [0.15, 0.2) is 36.5 Å². The summed E-state index contributed by atoms with van der Waals surface area (Å²) in [5.41, 5.74) is -0.315. The van der Waals surface area contributed by atoms with Crippen LogP contribution in [0.5, 0.6) is 0 Å². The van der Waals surface area contributed by atoms with Gasteiger partial charge in [0.05, 0.1) is 17.7 Å². The number of methoxy groups -OCH3 is 1. The van der Waals surface area contributed by atoms with Crippen LogP contribution >= 0.6 is 11.6 Å². The Morgan fingerprint density at radius 3 is 2.31 bits per heavy atom. The molecule has 0 saturated carbocycles. The van der Waals surface area contributed by atoms with Crippen LogP contribution in [0.1, 0.15) is 17.2 Å². The maximum absolute atomic E-state index is 13.2. The molecule has 0 unspecified atom stereocenters. The van der Waals surface area contributed by atoms with Crippen molar-refractivity contribution >= 4 is 23.4 Å². The van der Waals surface area contributed by atoms with Crippen LogP contribution in [-0.4, -0.2) is 49.1 Å². The molecule has 1 atom stereocenters. The van der Waals surface area contributed by atoms with E-state index in [0.717, 1.165) is 12.3 Å². The molecule has 0 N–H and O–H groups in total. The fourth-order valence-electron chi connectivity index (χ4n) is 3.26. The zero-order valence-corrected chi connectivity index (χ0v) is 16.2. The van der Waals surface area contributed by atoms with E-state index in [-0.39, 0.29) is 10.8 Å². The van der Waals surface area contributed by atoms with Gasteiger partial charge in [0.15, 0.2) is 0 Å². The summed E-state index contributed by atoms with van der Waals surface area (Å²) in [4.78, 5) is 19.8. The van der Waals surface area contributed by atoms with Crippen molar-refractivity contribution in [1.82, 2.24) is 9.88 Å². The van der Waals surface area contributed by atoms with Gasteiger partial charge in [0.2, 0.25) is 0 Å². The molecular formula is C19H18ClF4N3O2. The number of halogens is 5. The average Bonchev–Trinajstić information content (AvgIpc) is 2.69. The Bertz CT molecular complexity index is 869. The third-order valence-corrected chi connectivity index (χ3v) is 5.02. The van der Waals surface area contributed by atoms with Gasteiger partial charge in [0.1, 0.15) is 17.7 Å². The molecule has 156 valence electrons. The Kier molecular flexibility index (Phi) is 6.28. The highest BCUT2D eigenvalue weighted by Crippen LogP contribution is 2.34. The second-order valence-corrected chi connectivity index (χ2v) is 6.93. The number of rotatable bonds is 4. The summed E-state index contributed by atoms with van der Waals surface area (Å²) < 4.78 is 56.5. The molecule has 0 amide bonds. The van der Waals surface area contributed by atoms with Crippen LogP contribution in [0.4, 0.5) is 23.4 Å². The summed E-state index contributed by atoms with van der Waals surface area (Å²) in [5.74, 6) is -0.628. The molecule has 1 aliphatic rings. The van der Waals surface area contributed by atoms with Crippen LogP contribution in [0, 0.1) is 5.82 Å². The summed E-state index contributed by atoms with van der Waals surface area (Å²) in [6.45, 7) is 1.62. The number of carbonyl (C=O) groups is 1. The van der Waals surface area contributed by atoms with Crippen LogP contribution in [0.25, 0.3) is 0 Å². The van der Waals surface area contributed by atoms with E-state index < -0.39 is 29.6 Å². The van der Waals surface area contributed by atoms with Crippen molar-refractivity contribution in [1.29, 1.82) is 0 Å². The van der Waals surface area contributed by atoms with E-state index in [0.29, 0.717) is 31.7 Å². The summed E-state index contributed by atoms with van der Waals surface area (Å²) in [6.07, 6.45) is -3.76. The van der Waals surface area contributed by atoms with Crippen molar-refractivity contribution in [2.75, 3.05) is 38.2 Å². The lowest BCUT2D eigenvalue weighted by molar-refractivity contribution is -0.147. The van der Waals surface area contributed by atoms with Crippen LogP contribution < -0.4 is 4.90 Å². The third-order valence-electron chi connectivity index (χ3n) is 4.74. The molecule has 1 fully saturated rings. The predicted octanol–water partition coefficient (Wildman–Crippen LogP) is 3.93. The first-order valence-electron chi connectivity index (χ1n) is 8.75. The molecule has 1 saturated heterocycles. The number of hydrogen-bond acceptors (Lipinski definition) is 5. The highest BCUT2D eigenvalue weighted by atomic mass is 35.5. The van der Waals surface area contributed by atoms with Crippen molar-refractivity contribution in [2.24, 2.45) is 0 Å². The summed E-state index contributed by atoms with van der Waals surface area (Å²) >= 11 is 6.02. The van der Waals surface area contributed by atoms with Crippen LogP contribution in [0.2, 0.25) is 5.02 Å². The number of alkyl halides is 3. The smallest absolute Gasteiger partial charge is 0.417 e. The molecule has 0 radical (unpaired) electrons. The third kappa shape index (κ3) is 4.79. The highest BCUT2D eigenvalue weighted by Gasteiger charge is 2.34. The first-order valence-corrected chi connectivity index (χ1v) is 9.13. The molecule has 1 aliphatic heterocycles. The number of aromatic nitrogens is 1. The zero-order valence-electron chi connectivity index (χ0n) is 15.4.